The van der Waals surface area contributed by atoms with E-state index in [1.165, 1.54) is 5.01 Å². The predicted molar refractivity (Wildman–Crippen MR) is 162 cm³/mol. The first-order valence-electron chi connectivity index (χ1n) is 13.8. The number of anilines is 1. The van der Waals surface area contributed by atoms with Crippen molar-refractivity contribution in [2.45, 2.75) is 25.3 Å². The van der Waals surface area contributed by atoms with Crippen molar-refractivity contribution in [1.82, 2.24) is 25.1 Å². The Bertz CT molecular complexity index is 1460. The number of carbonyl (C=O) groups excluding carboxylic acids is 3. The van der Waals surface area contributed by atoms with Crippen LogP contribution >= 0.6 is 0 Å². The third-order valence-electron chi connectivity index (χ3n) is 7.61. The van der Waals surface area contributed by atoms with E-state index >= 15 is 0 Å². The normalized spacial score (nSPS) is 18.4. The van der Waals surface area contributed by atoms with Gasteiger partial charge in [0.25, 0.3) is 5.91 Å². The highest BCUT2D eigenvalue weighted by atomic mass is 16.2. The maximum atomic E-state index is 14.1. The van der Waals surface area contributed by atoms with Gasteiger partial charge in [-0.15, -0.1) is 6.58 Å². The Balaban J connectivity index is 1.48. The lowest BCUT2D eigenvalue weighted by atomic mass is 9.99. The highest BCUT2D eigenvalue weighted by molar-refractivity contribution is 5.92. The fourth-order valence-electron chi connectivity index (χ4n) is 5.63. The Hall–Kier alpha value is -4.93. The number of nitrogens with one attached hydrogen (secondary N) is 2. The van der Waals surface area contributed by atoms with Gasteiger partial charge in [0.05, 0.1) is 25.3 Å². The molecule has 2 heterocycles. The molecule has 3 aromatic rings. The molecule has 4 amide bonds. The van der Waals surface area contributed by atoms with Crippen LogP contribution in [-0.2, 0) is 22.7 Å². The zero-order chi connectivity index (χ0) is 29.6. The van der Waals surface area contributed by atoms with E-state index in [-0.39, 0.29) is 44.0 Å². The number of piperazine rings is 1. The van der Waals surface area contributed by atoms with Crippen molar-refractivity contribution in [3.05, 3.63) is 120 Å². The lowest BCUT2D eigenvalue weighted by molar-refractivity contribution is -0.158. The van der Waals surface area contributed by atoms with Gasteiger partial charge in [-0.3, -0.25) is 20.4 Å². The summed E-state index contributed by atoms with van der Waals surface area (Å²) in [5.41, 5.74) is 6.69. The van der Waals surface area contributed by atoms with Crippen LogP contribution in [0.2, 0.25) is 0 Å². The summed E-state index contributed by atoms with van der Waals surface area (Å²) in [5.74, 6) is 5.43. The minimum absolute atomic E-state index is 0.0523. The van der Waals surface area contributed by atoms with Crippen LogP contribution in [0.25, 0.3) is 6.08 Å². The minimum atomic E-state index is -0.850. The zero-order valence-corrected chi connectivity index (χ0v) is 23.4. The number of hydrogen-bond acceptors (Lipinski definition) is 6. The molecule has 216 valence electrons. The van der Waals surface area contributed by atoms with E-state index in [1.807, 2.05) is 78.9 Å². The van der Waals surface area contributed by atoms with Crippen molar-refractivity contribution >= 4 is 29.6 Å². The summed E-state index contributed by atoms with van der Waals surface area (Å²) < 4.78 is 0. The van der Waals surface area contributed by atoms with Crippen molar-refractivity contribution in [2.24, 2.45) is 5.84 Å². The number of hydrazine groups is 2. The monoisotopic (exact) mass is 565 g/mol. The van der Waals surface area contributed by atoms with Crippen LogP contribution in [0, 0.1) is 0 Å². The zero-order valence-electron chi connectivity index (χ0n) is 23.4. The van der Waals surface area contributed by atoms with Gasteiger partial charge >= 0.3 is 6.03 Å². The second-order valence-corrected chi connectivity index (χ2v) is 10.2. The van der Waals surface area contributed by atoms with E-state index in [1.54, 1.807) is 27.0 Å². The number of nitrogen functional groups attached to an aromatic ring is 1. The van der Waals surface area contributed by atoms with Crippen LogP contribution in [0.5, 0.6) is 0 Å². The fraction of sp³-hybridized carbons (Fsp3) is 0.219. The summed E-state index contributed by atoms with van der Waals surface area (Å²) in [5, 5.41) is 6.20. The predicted octanol–water partition coefficient (Wildman–Crippen LogP) is 3.48. The third kappa shape index (κ3) is 5.63. The summed E-state index contributed by atoms with van der Waals surface area (Å²) in [6, 6.07) is 23.3. The Morgan fingerprint density at radius 1 is 1.00 bits per heavy atom. The van der Waals surface area contributed by atoms with Gasteiger partial charge in [0.15, 0.2) is 0 Å². The third-order valence-corrected chi connectivity index (χ3v) is 7.61. The van der Waals surface area contributed by atoms with Gasteiger partial charge in [0.2, 0.25) is 5.91 Å². The molecule has 2 fully saturated rings. The Morgan fingerprint density at radius 3 is 2.38 bits per heavy atom. The SMILES string of the molecule is C=CCN(C(=O)NCc1ccccc1)N1CC(=O)N2[C@@H](c3ccccc3)C(=O)N(Cc3cccc(C=C)c3NN)C[C@@H]21. The lowest BCUT2D eigenvalue weighted by Gasteiger charge is -2.46. The molecule has 0 bridgehead atoms. The van der Waals surface area contributed by atoms with E-state index in [0.29, 0.717) is 17.8 Å². The Labute approximate surface area is 245 Å². The summed E-state index contributed by atoms with van der Waals surface area (Å²) in [6.45, 7) is 8.60. The van der Waals surface area contributed by atoms with Crippen LogP contribution < -0.4 is 16.6 Å². The molecule has 0 spiro atoms. The molecule has 2 saturated heterocycles. The number of benzene rings is 3. The molecule has 10 heteroatoms. The number of urea groups is 1. The van der Waals surface area contributed by atoms with Crippen molar-refractivity contribution < 1.29 is 14.4 Å². The molecule has 2 aliphatic rings. The second-order valence-electron chi connectivity index (χ2n) is 10.2. The van der Waals surface area contributed by atoms with Crippen LogP contribution in [-0.4, -0.2) is 63.5 Å². The molecule has 42 heavy (non-hydrogen) atoms. The van der Waals surface area contributed by atoms with Crippen molar-refractivity contribution in [1.29, 1.82) is 0 Å². The molecule has 2 atom stereocenters. The molecule has 0 aromatic heterocycles. The van der Waals surface area contributed by atoms with Crippen molar-refractivity contribution in [3.8, 4) is 0 Å². The largest absolute Gasteiger partial charge is 0.333 e. The molecule has 0 aliphatic carbocycles. The van der Waals surface area contributed by atoms with Crippen LogP contribution in [0.3, 0.4) is 0 Å². The van der Waals surface area contributed by atoms with Gasteiger partial charge < -0.3 is 20.5 Å². The van der Waals surface area contributed by atoms with Gasteiger partial charge in [0.1, 0.15) is 12.2 Å². The van der Waals surface area contributed by atoms with E-state index < -0.39 is 12.2 Å². The smallest absolute Gasteiger partial charge is 0.332 e. The van der Waals surface area contributed by atoms with Crippen LogP contribution in [0.15, 0.2) is 98.1 Å². The molecular weight excluding hydrogens is 530 g/mol. The Kier molecular flexibility index (Phi) is 8.66. The van der Waals surface area contributed by atoms with E-state index in [9.17, 15) is 14.4 Å². The van der Waals surface area contributed by atoms with E-state index in [4.69, 9.17) is 5.84 Å². The molecule has 0 unspecified atom stereocenters. The van der Waals surface area contributed by atoms with Gasteiger partial charge in [0, 0.05) is 13.1 Å². The Morgan fingerprint density at radius 2 is 1.71 bits per heavy atom. The van der Waals surface area contributed by atoms with Gasteiger partial charge in [-0.2, -0.15) is 5.01 Å². The maximum Gasteiger partial charge on any atom is 0.332 e. The molecule has 4 N–H and O–H groups in total. The number of nitrogens with zero attached hydrogens (tertiary/aromatic N) is 4. The maximum absolute atomic E-state index is 14.1. The average Bonchev–Trinajstić information content (AvgIpc) is 3.34. The van der Waals surface area contributed by atoms with Crippen molar-refractivity contribution in [2.75, 3.05) is 25.1 Å². The standard InChI is InChI=1S/C32H35N7O3/c1-3-18-37(32(42)34-19-23-12-7-5-8-13-23)38-22-28(40)39-27(38)21-36(31(41)30(39)25-14-9-6-10-15-25)20-26-17-11-16-24(4-2)29(26)35-33/h3-17,27,30,35H,1-2,18-22,33H2,(H,34,42)/t27-,30+/m1/s1. The molecule has 2 aliphatic heterocycles. The average molecular weight is 566 g/mol. The van der Waals surface area contributed by atoms with E-state index in [2.05, 4.69) is 23.9 Å². The minimum Gasteiger partial charge on any atom is -0.333 e. The number of nitrogens with two attached hydrogens (primary N) is 1. The highest BCUT2D eigenvalue weighted by Gasteiger charge is 2.52. The number of carbonyl (C=O) groups is 3. The molecule has 0 radical (unpaired) electrons. The number of fused-ring (bicyclic) bond motifs is 1. The molecule has 10 nitrogen and oxygen atoms in total. The quantitative estimate of drug-likeness (QED) is 0.197. The molecule has 3 aromatic carbocycles. The van der Waals surface area contributed by atoms with Gasteiger partial charge in [-0.1, -0.05) is 97.6 Å². The van der Waals surface area contributed by atoms with Gasteiger partial charge in [-0.05, 0) is 22.3 Å². The first kappa shape index (κ1) is 28.6. The summed E-state index contributed by atoms with van der Waals surface area (Å²) >= 11 is 0. The molecular formula is C32H35N7O3. The summed E-state index contributed by atoms with van der Waals surface area (Å²) in [4.78, 5) is 44.5. The summed E-state index contributed by atoms with van der Waals surface area (Å²) in [7, 11) is 0. The number of amides is 4. The number of para-hydroxylation sites is 1. The second kappa shape index (κ2) is 12.7. The van der Waals surface area contributed by atoms with Gasteiger partial charge in [-0.25, -0.2) is 4.79 Å². The first-order chi connectivity index (χ1) is 20.5. The van der Waals surface area contributed by atoms with Crippen LogP contribution in [0.4, 0.5) is 10.5 Å². The summed E-state index contributed by atoms with van der Waals surface area (Å²) in [6.07, 6.45) is 2.74. The van der Waals surface area contributed by atoms with E-state index in [0.717, 1.165) is 16.7 Å². The first-order valence-corrected chi connectivity index (χ1v) is 13.8. The highest BCUT2D eigenvalue weighted by Crippen LogP contribution is 2.37. The lowest BCUT2D eigenvalue weighted by Crippen LogP contribution is -2.62. The topological polar surface area (TPSA) is 114 Å². The molecule has 0 saturated carbocycles. The van der Waals surface area contributed by atoms with Crippen LogP contribution in [0.1, 0.15) is 28.3 Å². The number of hydrogen-bond donors (Lipinski definition) is 3. The molecule has 5 rings (SSSR count). The van der Waals surface area contributed by atoms with Crippen molar-refractivity contribution in [3.63, 3.8) is 0 Å². The fourth-order valence-corrected chi connectivity index (χ4v) is 5.63. The number of rotatable bonds is 10.